The van der Waals surface area contributed by atoms with E-state index < -0.39 is 22.0 Å². The number of benzene rings is 2. The smallest absolute Gasteiger partial charge is 0.329 e. The quantitative estimate of drug-likeness (QED) is 0.659. The predicted octanol–water partition coefficient (Wildman–Crippen LogP) is 2.69. The van der Waals surface area contributed by atoms with Gasteiger partial charge >= 0.3 is 5.97 Å². The van der Waals surface area contributed by atoms with Gasteiger partial charge in [-0.1, -0.05) is 12.1 Å². The third-order valence-electron chi connectivity index (χ3n) is 5.15. The number of nitrogens with zero attached hydrogens (tertiary/aromatic N) is 3. The van der Waals surface area contributed by atoms with Gasteiger partial charge in [0.1, 0.15) is 6.04 Å². The minimum atomic E-state index is -4.09. The Kier molecular flexibility index (Phi) is 6.44. The van der Waals surface area contributed by atoms with Crippen LogP contribution in [0.3, 0.4) is 0 Å². The zero-order valence-corrected chi connectivity index (χ0v) is 18.1. The first-order valence-corrected chi connectivity index (χ1v) is 11.2. The summed E-state index contributed by atoms with van der Waals surface area (Å²) in [7, 11) is -2.10. The molecule has 0 radical (unpaired) electrons. The van der Waals surface area contributed by atoms with Crippen molar-refractivity contribution in [3.05, 3.63) is 59.2 Å². The first-order chi connectivity index (χ1) is 14.3. The Bertz CT molecular complexity index is 1090. The van der Waals surface area contributed by atoms with Crippen molar-refractivity contribution in [3.63, 3.8) is 0 Å². The summed E-state index contributed by atoms with van der Waals surface area (Å²) >= 11 is 0. The molecule has 1 aliphatic heterocycles. The Hall–Kier alpha value is -2.89. The molecule has 1 heterocycles. The SMILES string of the molecule is CCOC(=O)[C@H](C)N(c1cccc(C#N)c1)S(=O)(=O)c1ccc2c(c1)CN(C)CC2. The van der Waals surface area contributed by atoms with E-state index in [4.69, 9.17) is 4.74 Å². The van der Waals surface area contributed by atoms with Crippen molar-refractivity contribution in [1.82, 2.24) is 4.90 Å². The van der Waals surface area contributed by atoms with E-state index in [2.05, 4.69) is 4.90 Å². The highest BCUT2D eigenvalue weighted by molar-refractivity contribution is 7.93. The highest BCUT2D eigenvalue weighted by Crippen LogP contribution is 2.30. The van der Waals surface area contributed by atoms with Gasteiger partial charge in [-0.2, -0.15) is 5.26 Å². The van der Waals surface area contributed by atoms with Crippen LogP contribution in [0.2, 0.25) is 0 Å². The van der Waals surface area contributed by atoms with Crippen LogP contribution in [0.1, 0.15) is 30.5 Å². The number of hydrogen-bond donors (Lipinski definition) is 0. The van der Waals surface area contributed by atoms with Crippen LogP contribution in [-0.4, -0.2) is 45.5 Å². The monoisotopic (exact) mass is 427 g/mol. The highest BCUT2D eigenvalue weighted by Gasteiger charge is 2.35. The van der Waals surface area contributed by atoms with Gasteiger partial charge in [0, 0.05) is 13.1 Å². The molecule has 1 aliphatic rings. The average Bonchev–Trinajstić information content (AvgIpc) is 2.73. The molecule has 0 saturated heterocycles. The summed E-state index contributed by atoms with van der Waals surface area (Å²) < 4.78 is 33.5. The normalized spacial score (nSPS) is 15.0. The molecular weight excluding hydrogens is 402 g/mol. The number of anilines is 1. The maximum Gasteiger partial charge on any atom is 0.329 e. The number of fused-ring (bicyclic) bond motifs is 1. The standard InChI is InChI=1S/C22H25N3O4S/c1-4-29-22(26)16(2)25(20-7-5-6-17(12-20)14-23)30(27,28)21-9-8-18-10-11-24(3)15-19(18)13-21/h5-9,12-13,16H,4,10-11,15H2,1-3H3/t16-/m0/s1. The van der Waals surface area contributed by atoms with Gasteiger partial charge in [-0.3, -0.25) is 4.31 Å². The number of esters is 1. The molecule has 3 rings (SSSR count). The molecule has 1 atom stereocenters. The number of nitriles is 1. The number of carbonyl (C=O) groups excluding carboxylic acids is 1. The summed E-state index contributed by atoms with van der Waals surface area (Å²) in [5.41, 5.74) is 2.63. The Labute approximate surface area is 177 Å². The number of sulfonamides is 1. The second-order valence-electron chi connectivity index (χ2n) is 7.31. The van der Waals surface area contributed by atoms with Crippen LogP contribution < -0.4 is 4.31 Å². The second kappa shape index (κ2) is 8.86. The molecule has 8 heteroatoms. The zero-order chi connectivity index (χ0) is 21.9. The molecule has 0 aliphatic carbocycles. The van der Waals surface area contributed by atoms with Crippen LogP contribution in [0.15, 0.2) is 47.4 Å². The molecule has 2 aromatic carbocycles. The van der Waals surface area contributed by atoms with E-state index in [1.54, 1.807) is 37.3 Å². The summed E-state index contributed by atoms with van der Waals surface area (Å²) in [5.74, 6) is -0.652. The van der Waals surface area contributed by atoms with Gasteiger partial charge in [0.05, 0.1) is 28.8 Å². The van der Waals surface area contributed by atoms with Crippen molar-refractivity contribution in [2.45, 2.75) is 37.8 Å². The van der Waals surface area contributed by atoms with Crippen LogP contribution in [0, 0.1) is 11.3 Å². The lowest BCUT2D eigenvalue weighted by Crippen LogP contribution is -2.44. The molecule has 2 aromatic rings. The van der Waals surface area contributed by atoms with Crippen molar-refractivity contribution >= 4 is 21.7 Å². The van der Waals surface area contributed by atoms with E-state index in [0.717, 1.165) is 28.4 Å². The van der Waals surface area contributed by atoms with Gasteiger partial charge in [0.2, 0.25) is 0 Å². The fraction of sp³-hybridized carbons (Fsp3) is 0.364. The minimum absolute atomic E-state index is 0.107. The number of carbonyl (C=O) groups is 1. The lowest BCUT2D eigenvalue weighted by molar-refractivity contribution is -0.144. The lowest BCUT2D eigenvalue weighted by atomic mass is 10.0. The van der Waals surface area contributed by atoms with Crippen molar-refractivity contribution in [3.8, 4) is 6.07 Å². The van der Waals surface area contributed by atoms with Gasteiger partial charge in [0.25, 0.3) is 10.0 Å². The fourth-order valence-corrected chi connectivity index (χ4v) is 5.24. The van der Waals surface area contributed by atoms with E-state index in [1.807, 2.05) is 19.2 Å². The molecule has 0 N–H and O–H groups in total. The van der Waals surface area contributed by atoms with Gasteiger partial charge < -0.3 is 9.64 Å². The van der Waals surface area contributed by atoms with Crippen molar-refractivity contribution in [2.75, 3.05) is 24.5 Å². The topological polar surface area (TPSA) is 90.7 Å². The van der Waals surface area contributed by atoms with Crippen LogP contribution in [0.4, 0.5) is 5.69 Å². The van der Waals surface area contributed by atoms with Gasteiger partial charge in [-0.25, -0.2) is 13.2 Å². The summed E-state index contributed by atoms with van der Waals surface area (Å²) in [6.45, 7) is 4.88. The van der Waals surface area contributed by atoms with E-state index >= 15 is 0 Å². The van der Waals surface area contributed by atoms with E-state index in [0.29, 0.717) is 12.1 Å². The third kappa shape index (κ3) is 4.32. The van der Waals surface area contributed by atoms with Crippen molar-refractivity contribution in [2.24, 2.45) is 0 Å². The van der Waals surface area contributed by atoms with Gasteiger partial charge in [-0.15, -0.1) is 0 Å². The maximum atomic E-state index is 13.7. The molecule has 30 heavy (non-hydrogen) atoms. The molecule has 0 unspecified atom stereocenters. The maximum absolute atomic E-state index is 13.7. The Morgan fingerprint density at radius 1 is 1.27 bits per heavy atom. The van der Waals surface area contributed by atoms with E-state index in [-0.39, 0.29) is 17.2 Å². The molecule has 0 saturated carbocycles. The van der Waals surface area contributed by atoms with Gasteiger partial charge in [0.15, 0.2) is 0 Å². The van der Waals surface area contributed by atoms with E-state index in [9.17, 15) is 18.5 Å². The lowest BCUT2D eigenvalue weighted by Gasteiger charge is -2.30. The van der Waals surface area contributed by atoms with Crippen LogP contribution in [0.5, 0.6) is 0 Å². The Morgan fingerprint density at radius 2 is 2.03 bits per heavy atom. The van der Waals surface area contributed by atoms with E-state index in [1.165, 1.54) is 13.0 Å². The predicted molar refractivity (Wildman–Crippen MR) is 113 cm³/mol. The summed E-state index contributed by atoms with van der Waals surface area (Å²) in [5, 5.41) is 9.24. The number of likely N-dealkylation sites (N-methyl/N-ethyl adjacent to an activating group) is 1. The number of ether oxygens (including phenoxy) is 1. The molecule has 0 fully saturated rings. The highest BCUT2D eigenvalue weighted by atomic mass is 32.2. The largest absolute Gasteiger partial charge is 0.464 e. The second-order valence-corrected chi connectivity index (χ2v) is 9.12. The molecule has 0 aromatic heterocycles. The van der Waals surface area contributed by atoms with Crippen LogP contribution in [0.25, 0.3) is 0 Å². The number of rotatable bonds is 6. The summed E-state index contributed by atoms with van der Waals surface area (Å²) in [4.78, 5) is 14.7. The third-order valence-corrected chi connectivity index (χ3v) is 7.04. The molecule has 7 nitrogen and oxygen atoms in total. The molecule has 0 spiro atoms. The van der Waals surface area contributed by atoms with Crippen LogP contribution >= 0.6 is 0 Å². The van der Waals surface area contributed by atoms with Gasteiger partial charge in [-0.05, 0) is 68.8 Å². The summed E-state index contributed by atoms with van der Waals surface area (Å²) in [6.07, 6.45) is 0.860. The molecule has 158 valence electrons. The number of hydrogen-bond acceptors (Lipinski definition) is 6. The fourth-order valence-electron chi connectivity index (χ4n) is 3.59. The van der Waals surface area contributed by atoms with Crippen molar-refractivity contribution in [1.29, 1.82) is 5.26 Å². The zero-order valence-electron chi connectivity index (χ0n) is 17.3. The summed E-state index contributed by atoms with van der Waals surface area (Å²) in [6, 6.07) is 12.2. The molecule has 0 bridgehead atoms. The Morgan fingerprint density at radius 3 is 2.73 bits per heavy atom. The molecule has 0 amide bonds. The minimum Gasteiger partial charge on any atom is -0.464 e. The van der Waals surface area contributed by atoms with Crippen molar-refractivity contribution < 1.29 is 17.9 Å². The average molecular weight is 428 g/mol. The molecular formula is C22H25N3O4S. The first kappa shape index (κ1) is 21.8. The first-order valence-electron chi connectivity index (χ1n) is 9.79. The van der Waals surface area contributed by atoms with Crippen LogP contribution in [-0.2, 0) is 32.5 Å². The Balaban J connectivity index is 2.11.